The summed E-state index contributed by atoms with van der Waals surface area (Å²) < 4.78 is 20.2. The van der Waals surface area contributed by atoms with Gasteiger partial charge in [0.15, 0.2) is 5.84 Å². The Morgan fingerprint density at radius 1 is 1.09 bits per heavy atom. The minimum Gasteiger partial charge on any atom is -0.230 e. The molecule has 0 amide bonds. The molecule has 1 atom stereocenters. The highest BCUT2D eigenvalue weighted by molar-refractivity contribution is 7.79. The number of nitrogens with zero attached hydrogens (tertiary/aromatic N) is 1. The van der Waals surface area contributed by atoms with Gasteiger partial charge < -0.3 is 0 Å². The molecule has 4 nitrogen and oxygen atoms in total. The van der Waals surface area contributed by atoms with E-state index in [1.807, 2.05) is 18.2 Å². The van der Waals surface area contributed by atoms with Crippen molar-refractivity contribution < 1.29 is 8.49 Å². The maximum absolute atomic E-state index is 11.4. The van der Waals surface area contributed by atoms with Crippen molar-refractivity contribution in [1.82, 2.24) is 5.48 Å². The predicted molar refractivity (Wildman–Crippen MR) is 94.1 cm³/mol. The fraction of sp³-hybridized carbons (Fsp3) is 0.278. The van der Waals surface area contributed by atoms with Crippen LogP contribution in [-0.2, 0) is 22.0 Å². The highest BCUT2D eigenvalue weighted by atomic mass is 32.2. The van der Waals surface area contributed by atoms with E-state index < -0.39 is 11.3 Å². The standard InChI is InChI=1S/C18H20N2O2S/c1-3-4-9-14-13(2)8-7-12-15(14)16-10-5-6-11-17(16)18-19-22-23(21)20-18/h5-8,10-12H,3-4,9H2,1-2H3,(H,19,20). The smallest absolute Gasteiger partial charge is 0.230 e. The van der Waals surface area contributed by atoms with Gasteiger partial charge in [-0.15, -0.1) is 4.40 Å². The number of aryl methyl sites for hydroxylation is 1. The van der Waals surface area contributed by atoms with E-state index in [9.17, 15) is 4.21 Å². The lowest BCUT2D eigenvalue weighted by molar-refractivity contribution is 0.306. The minimum atomic E-state index is -1.66. The summed E-state index contributed by atoms with van der Waals surface area (Å²) in [7, 11) is 0. The van der Waals surface area contributed by atoms with Gasteiger partial charge in [-0.1, -0.05) is 55.8 Å². The molecule has 0 aliphatic carbocycles. The van der Waals surface area contributed by atoms with Crippen molar-refractivity contribution >= 4 is 17.1 Å². The summed E-state index contributed by atoms with van der Waals surface area (Å²) in [5.74, 6) is 0.516. The van der Waals surface area contributed by atoms with Gasteiger partial charge in [-0.05, 0) is 42.0 Å². The number of hydroxylamine groups is 1. The third kappa shape index (κ3) is 3.35. The molecule has 0 aromatic heterocycles. The van der Waals surface area contributed by atoms with Crippen molar-refractivity contribution in [1.29, 1.82) is 0 Å². The molecule has 120 valence electrons. The first-order valence-electron chi connectivity index (χ1n) is 7.83. The maximum atomic E-state index is 11.4. The molecule has 0 saturated carbocycles. The van der Waals surface area contributed by atoms with E-state index in [0.717, 1.165) is 30.4 Å². The highest BCUT2D eigenvalue weighted by Crippen LogP contribution is 2.31. The lowest BCUT2D eigenvalue weighted by Gasteiger charge is -2.15. The van der Waals surface area contributed by atoms with Crippen molar-refractivity contribution in [2.45, 2.75) is 33.1 Å². The van der Waals surface area contributed by atoms with Crippen molar-refractivity contribution in [3.05, 3.63) is 59.2 Å². The Morgan fingerprint density at radius 2 is 1.83 bits per heavy atom. The van der Waals surface area contributed by atoms with Gasteiger partial charge in [0.05, 0.1) is 0 Å². The molecule has 23 heavy (non-hydrogen) atoms. The Kier molecular flexibility index (Phi) is 4.88. The van der Waals surface area contributed by atoms with Crippen LogP contribution >= 0.6 is 0 Å². The van der Waals surface area contributed by atoms with Crippen LogP contribution in [0.4, 0.5) is 0 Å². The minimum absolute atomic E-state index is 0.516. The van der Waals surface area contributed by atoms with Crippen LogP contribution in [0.2, 0.25) is 0 Å². The van der Waals surface area contributed by atoms with Crippen LogP contribution in [0, 0.1) is 6.92 Å². The predicted octanol–water partition coefficient (Wildman–Crippen LogP) is 3.86. The Balaban J connectivity index is 2.11. The molecule has 0 bridgehead atoms. The normalized spacial score (nSPS) is 17.0. The van der Waals surface area contributed by atoms with Crippen LogP contribution < -0.4 is 5.48 Å². The van der Waals surface area contributed by atoms with E-state index in [2.05, 4.69) is 48.0 Å². The topological polar surface area (TPSA) is 50.7 Å². The summed E-state index contributed by atoms with van der Waals surface area (Å²) in [6.07, 6.45) is 3.37. The van der Waals surface area contributed by atoms with Gasteiger partial charge in [-0.3, -0.25) is 0 Å². The quantitative estimate of drug-likeness (QED) is 0.906. The second-order valence-corrected chi connectivity index (χ2v) is 6.38. The second kappa shape index (κ2) is 7.06. The molecule has 0 spiro atoms. The third-order valence-corrected chi connectivity index (χ3v) is 4.60. The third-order valence-electron chi connectivity index (χ3n) is 4.04. The zero-order valence-electron chi connectivity index (χ0n) is 13.3. The summed E-state index contributed by atoms with van der Waals surface area (Å²) >= 11 is -1.66. The molecule has 0 fully saturated rings. The molecule has 5 heteroatoms. The van der Waals surface area contributed by atoms with Crippen molar-refractivity contribution in [3.63, 3.8) is 0 Å². The van der Waals surface area contributed by atoms with Crippen LogP contribution in [0.25, 0.3) is 11.1 Å². The molecule has 3 rings (SSSR count). The fourth-order valence-electron chi connectivity index (χ4n) is 2.86. The summed E-state index contributed by atoms with van der Waals surface area (Å²) in [6.45, 7) is 4.36. The summed E-state index contributed by atoms with van der Waals surface area (Å²) in [5.41, 5.74) is 8.51. The van der Waals surface area contributed by atoms with E-state index >= 15 is 0 Å². The van der Waals surface area contributed by atoms with E-state index in [1.54, 1.807) is 0 Å². The first-order valence-corrected chi connectivity index (χ1v) is 8.86. The van der Waals surface area contributed by atoms with Crippen molar-refractivity contribution in [2.75, 3.05) is 0 Å². The molecule has 2 aromatic rings. The number of nitrogens with one attached hydrogen (secondary N) is 1. The van der Waals surface area contributed by atoms with Gasteiger partial charge in [0.25, 0.3) is 0 Å². The first kappa shape index (κ1) is 15.9. The molecular formula is C18H20N2O2S. The molecule has 2 aromatic carbocycles. The van der Waals surface area contributed by atoms with E-state index in [4.69, 9.17) is 4.28 Å². The fourth-order valence-corrected chi connectivity index (χ4v) is 3.33. The summed E-state index contributed by atoms with van der Waals surface area (Å²) in [5, 5.41) is 0. The molecule has 0 radical (unpaired) electrons. The highest BCUT2D eigenvalue weighted by Gasteiger charge is 2.19. The Morgan fingerprint density at radius 3 is 2.52 bits per heavy atom. The molecule has 1 aliphatic rings. The second-order valence-electron chi connectivity index (χ2n) is 5.59. The molecule has 1 N–H and O–H groups in total. The Labute approximate surface area is 139 Å². The maximum Gasteiger partial charge on any atom is 0.309 e. The number of amidine groups is 1. The van der Waals surface area contributed by atoms with Gasteiger partial charge in [0.1, 0.15) is 0 Å². The lowest BCUT2D eigenvalue weighted by Crippen LogP contribution is -2.18. The number of benzene rings is 2. The van der Waals surface area contributed by atoms with Crippen LogP contribution in [0.5, 0.6) is 0 Å². The van der Waals surface area contributed by atoms with Crippen molar-refractivity contribution in [2.24, 2.45) is 4.40 Å². The first-order chi connectivity index (χ1) is 11.2. The van der Waals surface area contributed by atoms with Gasteiger partial charge in [0, 0.05) is 5.56 Å². The van der Waals surface area contributed by atoms with Crippen LogP contribution in [0.3, 0.4) is 0 Å². The molecule has 1 unspecified atom stereocenters. The zero-order valence-corrected chi connectivity index (χ0v) is 14.2. The van der Waals surface area contributed by atoms with Gasteiger partial charge >= 0.3 is 11.3 Å². The average molecular weight is 328 g/mol. The van der Waals surface area contributed by atoms with E-state index in [0.29, 0.717) is 5.84 Å². The summed E-state index contributed by atoms with van der Waals surface area (Å²) in [4.78, 5) is 0. The molecule has 0 saturated heterocycles. The molecule has 1 aliphatic heterocycles. The molecule has 1 heterocycles. The monoisotopic (exact) mass is 328 g/mol. The van der Waals surface area contributed by atoms with Crippen LogP contribution in [-0.4, -0.2) is 10.0 Å². The molecular weight excluding hydrogens is 308 g/mol. The van der Waals surface area contributed by atoms with Crippen LogP contribution in [0.1, 0.15) is 36.5 Å². The Bertz CT molecular complexity index is 771. The summed E-state index contributed by atoms with van der Waals surface area (Å²) in [6, 6.07) is 14.4. The average Bonchev–Trinajstić information content (AvgIpc) is 3.00. The van der Waals surface area contributed by atoms with E-state index in [1.165, 1.54) is 16.7 Å². The van der Waals surface area contributed by atoms with Crippen molar-refractivity contribution in [3.8, 4) is 11.1 Å². The SMILES string of the molecule is CCCCc1c(C)cccc1-c1ccccc1C1=NS(=O)ON1. The largest absolute Gasteiger partial charge is 0.309 e. The Hall–Kier alpha value is -1.98. The zero-order chi connectivity index (χ0) is 16.2. The van der Waals surface area contributed by atoms with Crippen LogP contribution in [0.15, 0.2) is 46.9 Å². The lowest BCUT2D eigenvalue weighted by atomic mass is 9.90. The van der Waals surface area contributed by atoms with Gasteiger partial charge in [0.2, 0.25) is 0 Å². The number of rotatable bonds is 5. The number of unbranched alkanes of at least 4 members (excludes halogenated alkanes) is 1. The van der Waals surface area contributed by atoms with E-state index in [-0.39, 0.29) is 0 Å². The van der Waals surface area contributed by atoms with Gasteiger partial charge in [-0.2, -0.15) is 4.28 Å². The van der Waals surface area contributed by atoms with Gasteiger partial charge in [-0.25, -0.2) is 9.69 Å². The number of hydrogen-bond donors (Lipinski definition) is 1. The number of hydrogen-bond acceptors (Lipinski definition) is 3.